The van der Waals surface area contributed by atoms with Gasteiger partial charge in [-0.3, -0.25) is 25.2 Å². The van der Waals surface area contributed by atoms with Crippen LogP contribution in [0.3, 0.4) is 0 Å². The summed E-state index contributed by atoms with van der Waals surface area (Å²) in [6.45, 7) is 1.68. The normalized spacial score (nSPS) is 15.4. The molecule has 13 heteroatoms. The van der Waals surface area contributed by atoms with Gasteiger partial charge in [-0.05, 0) is 37.4 Å². The molecular formula is C20H19N5O7S. The van der Waals surface area contributed by atoms with Gasteiger partial charge in [0.2, 0.25) is 15.8 Å². The number of sulfonamides is 1. The first-order chi connectivity index (χ1) is 15.7. The number of nitro benzene ring substituents is 2. The van der Waals surface area contributed by atoms with Gasteiger partial charge in [-0.2, -0.15) is 4.31 Å². The minimum absolute atomic E-state index is 0.0639. The van der Waals surface area contributed by atoms with Gasteiger partial charge in [0.1, 0.15) is 5.52 Å². The summed E-state index contributed by atoms with van der Waals surface area (Å²) in [6, 6.07) is 8.95. The van der Waals surface area contributed by atoms with Crippen LogP contribution in [0.15, 0.2) is 53.6 Å². The Hall–Kier alpha value is -3.68. The molecule has 33 heavy (non-hydrogen) atoms. The zero-order chi connectivity index (χ0) is 23.8. The molecule has 0 aliphatic carbocycles. The van der Waals surface area contributed by atoms with E-state index in [1.807, 2.05) is 11.9 Å². The highest BCUT2D eigenvalue weighted by molar-refractivity contribution is 7.89. The second-order valence-corrected chi connectivity index (χ2v) is 9.37. The van der Waals surface area contributed by atoms with E-state index in [1.165, 1.54) is 46.9 Å². The van der Waals surface area contributed by atoms with Gasteiger partial charge in [0, 0.05) is 44.5 Å². The van der Waals surface area contributed by atoms with E-state index < -0.39 is 25.6 Å². The van der Waals surface area contributed by atoms with Crippen LogP contribution < -0.4 is 4.74 Å². The number of fused-ring (bicyclic) bond motifs is 1. The van der Waals surface area contributed by atoms with Crippen LogP contribution in [0.1, 0.15) is 0 Å². The maximum atomic E-state index is 13.0. The monoisotopic (exact) mass is 473 g/mol. The van der Waals surface area contributed by atoms with Gasteiger partial charge in [-0.25, -0.2) is 8.42 Å². The Morgan fingerprint density at radius 3 is 2.27 bits per heavy atom. The maximum Gasteiger partial charge on any atom is 0.312 e. The summed E-state index contributed by atoms with van der Waals surface area (Å²) in [7, 11) is -2.03. The molecule has 0 atom stereocenters. The second-order valence-electron chi connectivity index (χ2n) is 7.44. The standard InChI is InChI=1S/C20H19N5O7S/c1-22-9-11-23(12-10-22)33(30,31)14-4-6-18(17(13-14)25(28)29)32-19-7-5-16(24(26)27)15-3-2-8-21-20(15)19/h2-8,13H,9-12H2,1H3. The molecule has 0 spiro atoms. The van der Waals surface area contributed by atoms with Crippen molar-refractivity contribution >= 4 is 32.3 Å². The third-order valence-electron chi connectivity index (χ3n) is 5.35. The van der Waals surface area contributed by atoms with E-state index in [4.69, 9.17) is 4.74 Å². The summed E-state index contributed by atoms with van der Waals surface area (Å²) in [5.41, 5.74) is -0.587. The average molecular weight is 473 g/mol. The Labute approximate surface area is 188 Å². The number of ether oxygens (including phenoxy) is 1. The van der Waals surface area contributed by atoms with Crippen LogP contribution >= 0.6 is 0 Å². The summed E-state index contributed by atoms with van der Waals surface area (Å²) in [6.07, 6.45) is 1.42. The molecule has 0 saturated carbocycles. The van der Waals surface area contributed by atoms with Crippen LogP contribution in [-0.4, -0.2) is 65.7 Å². The molecule has 172 valence electrons. The number of benzene rings is 2. The van der Waals surface area contributed by atoms with Crippen molar-refractivity contribution in [2.45, 2.75) is 4.90 Å². The lowest BCUT2D eigenvalue weighted by Gasteiger charge is -2.31. The van der Waals surface area contributed by atoms with Crippen LogP contribution in [0.5, 0.6) is 11.5 Å². The van der Waals surface area contributed by atoms with Crippen molar-refractivity contribution in [1.29, 1.82) is 0 Å². The smallest absolute Gasteiger partial charge is 0.312 e. The van der Waals surface area contributed by atoms with E-state index in [9.17, 15) is 28.6 Å². The molecule has 0 unspecified atom stereocenters. The molecule has 2 aromatic carbocycles. The van der Waals surface area contributed by atoms with Crippen molar-refractivity contribution in [1.82, 2.24) is 14.2 Å². The van der Waals surface area contributed by atoms with Crippen molar-refractivity contribution < 1.29 is 23.0 Å². The van der Waals surface area contributed by atoms with Crippen molar-refractivity contribution in [2.24, 2.45) is 0 Å². The number of likely N-dealkylation sites (N-methyl/N-ethyl adjacent to an activating group) is 1. The maximum absolute atomic E-state index is 13.0. The van der Waals surface area contributed by atoms with E-state index in [1.54, 1.807) is 0 Å². The fourth-order valence-electron chi connectivity index (χ4n) is 3.56. The van der Waals surface area contributed by atoms with Gasteiger partial charge in [-0.1, -0.05) is 0 Å². The quantitative estimate of drug-likeness (QED) is 0.389. The topological polar surface area (TPSA) is 149 Å². The summed E-state index contributed by atoms with van der Waals surface area (Å²) < 4.78 is 33.0. The summed E-state index contributed by atoms with van der Waals surface area (Å²) >= 11 is 0. The van der Waals surface area contributed by atoms with E-state index >= 15 is 0 Å². The number of aromatic nitrogens is 1. The van der Waals surface area contributed by atoms with Crippen molar-refractivity contribution in [2.75, 3.05) is 33.2 Å². The molecule has 0 N–H and O–H groups in total. The molecule has 4 rings (SSSR count). The van der Waals surface area contributed by atoms with E-state index in [-0.39, 0.29) is 46.1 Å². The fourth-order valence-corrected chi connectivity index (χ4v) is 5.00. The summed E-state index contributed by atoms with van der Waals surface area (Å²) in [5.74, 6) is -0.146. The molecule has 0 bridgehead atoms. The molecule has 1 aliphatic heterocycles. The minimum Gasteiger partial charge on any atom is -0.448 e. The largest absolute Gasteiger partial charge is 0.448 e. The van der Waals surface area contributed by atoms with Gasteiger partial charge in [0.15, 0.2) is 5.75 Å². The summed E-state index contributed by atoms with van der Waals surface area (Å²) in [4.78, 5) is 27.6. The molecule has 3 aromatic rings. The highest BCUT2D eigenvalue weighted by Crippen LogP contribution is 2.38. The molecular weight excluding hydrogens is 454 g/mol. The van der Waals surface area contributed by atoms with Crippen molar-refractivity contribution in [3.63, 3.8) is 0 Å². The van der Waals surface area contributed by atoms with Crippen LogP contribution in [0.25, 0.3) is 10.9 Å². The van der Waals surface area contributed by atoms with Gasteiger partial charge < -0.3 is 9.64 Å². The lowest BCUT2D eigenvalue weighted by molar-refractivity contribution is -0.385. The van der Waals surface area contributed by atoms with Crippen molar-refractivity contribution in [3.8, 4) is 11.5 Å². The lowest BCUT2D eigenvalue weighted by atomic mass is 10.1. The van der Waals surface area contributed by atoms with E-state index in [0.717, 1.165) is 6.07 Å². The Bertz CT molecular complexity index is 1350. The zero-order valence-electron chi connectivity index (χ0n) is 17.4. The predicted octanol–water partition coefficient (Wildman–Crippen LogP) is 2.78. The van der Waals surface area contributed by atoms with Crippen LogP contribution in [0.2, 0.25) is 0 Å². The predicted molar refractivity (Wildman–Crippen MR) is 118 cm³/mol. The number of hydrogen-bond donors (Lipinski definition) is 0. The Morgan fingerprint density at radius 1 is 0.939 bits per heavy atom. The number of nitro groups is 2. The third-order valence-corrected chi connectivity index (χ3v) is 7.25. The first-order valence-electron chi connectivity index (χ1n) is 9.85. The van der Waals surface area contributed by atoms with E-state index in [0.29, 0.717) is 13.1 Å². The summed E-state index contributed by atoms with van der Waals surface area (Å²) in [5, 5.41) is 23.2. The number of rotatable bonds is 6. The average Bonchev–Trinajstić information content (AvgIpc) is 2.79. The molecule has 1 aliphatic rings. The Morgan fingerprint density at radius 2 is 1.61 bits per heavy atom. The third kappa shape index (κ3) is 4.33. The molecule has 0 amide bonds. The zero-order valence-corrected chi connectivity index (χ0v) is 18.3. The molecule has 1 fully saturated rings. The van der Waals surface area contributed by atoms with E-state index in [2.05, 4.69) is 4.98 Å². The Balaban J connectivity index is 1.72. The molecule has 1 aromatic heterocycles. The molecule has 1 saturated heterocycles. The minimum atomic E-state index is -3.92. The van der Waals surface area contributed by atoms with Gasteiger partial charge in [-0.15, -0.1) is 0 Å². The number of nitrogens with zero attached hydrogens (tertiary/aromatic N) is 5. The SMILES string of the molecule is CN1CCN(S(=O)(=O)c2ccc(Oc3ccc([N+](=O)[O-])c4cccnc34)c([N+](=O)[O-])c2)CC1. The first kappa shape index (κ1) is 22.5. The highest BCUT2D eigenvalue weighted by atomic mass is 32.2. The number of hydrogen-bond acceptors (Lipinski definition) is 9. The van der Waals surface area contributed by atoms with Gasteiger partial charge in [0.25, 0.3) is 5.69 Å². The van der Waals surface area contributed by atoms with Crippen LogP contribution in [-0.2, 0) is 10.0 Å². The lowest BCUT2D eigenvalue weighted by Crippen LogP contribution is -2.47. The molecule has 0 radical (unpaired) electrons. The van der Waals surface area contributed by atoms with Crippen LogP contribution in [0.4, 0.5) is 11.4 Å². The number of piperazine rings is 1. The fraction of sp³-hybridized carbons (Fsp3) is 0.250. The van der Waals surface area contributed by atoms with Gasteiger partial charge in [0.05, 0.1) is 20.1 Å². The number of pyridine rings is 1. The Kier molecular flexibility index (Phi) is 5.93. The molecule has 2 heterocycles. The molecule has 12 nitrogen and oxygen atoms in total. The first-order valence-corrected chi connectivity index (χ1v) is 11.3. The number of non-ortho nitro benzene ring substituents is 1. The second kappa shape index (κ2) is 8.69. The van der Waals surface area contributed by atoms with Crippen molar-refractivity contribution in [3.05, 3.63) is 68.9 Å². The highest BCUT2D eigenvalue weighted by Gasteiger charge is 2.30. The van der Waals surface area contributed by atoms with Gasteiger partial charge >= 0.3 is 5.69 Å². The van der Waals surface area contributed by atoms with Crippen LogP contribution in [0, 0.1) is 20.2 Å².